The summed E-state index contributed by atoms with van der Waals surface area (Å²) < 4.78 is 0. The Bertz CT molecular complexity index is 408. The summed E-state index contributed by atoms with van der Waals surface area (Å²) in [5.41, 5.74) is -0.574. The van der Waals surface area contributed by atoms with Crippen LogP contribution in [0.3, 0.4) is 0 Å². The van der Waals surface area contributed by atoms with Crippen LogP contribution in [0.4, 0.5) is 0 Å². The summed E-state index contributed by atoms with van der Waals surface area (Å²) in [6.07, 6.45) is 5.35. The van der Waals surface area contributed by atoms with Gasteiger partial charge in [0, 0.05) is 5.54 Å². The van der Waals surface area contributed by atoms with Gasteiger partial charge in [-0.1, -0.05) is 26.7 Å². The van der Waals surface area contributed by atoms with Crippen LogP contribution in [0, 0.1) is 11.8 Å². The molecule has 1 aliphatic carbocycles. The molecule has 2 aliphatic rings. The summed E-state index contributed by atoms with van der Waals surface area (Å²) in [5, 5.41) is 6.24. The molecule has 1 heterocycles. The second-order valence-corrected chi connectivity index (χ2v) is 7.91. The monoisotopic (exact) mass is 279 g/mol. The van der Waals surface area contributed by atoms with Crippen LogP contribution in [0.1, 0.15) is 66.7 Å². The van der Waals surface area contributed by atoms with Gasteiger partial charge in [0.05, 0.1) is 0 Å². The SMILES string of the molecule is CC(C)CC1CCCC2(C1)N=C(NC(C)(C)C)NC2=O. The number of hydrogen-bond donors (Lipinski definition) is 2. The normalized spacial score (nSPS) is 30.6. The summed E-state index contributed by atoms with van der Waals surface area (Å²) in [4.78, 5) is 17.2. The number of guanidine groups is 1. The maximum atomic E-state index is 12.4. The van der Waals surface area contributed by atoms with Gasteiger partial charge < -0.3 is 5.32 Å². The van der Waals surface area contributed by atoms with Crippen molar-refractivity contribution < 1.29 is 4.79 Å². The van der Waals surface area contributed by atoms with Crippen molar-refractivity contribution in [2.75, 3.05) is 0 Å². The van der Waals surface area contributed by atoms with E-state index in [1.807, 2.05) is 0 Å². The largest absolute Gasteiger partial charge is 0.351 e. The quantitative estimate of drug-likeness (QED) is 0.816. The molecule has 0 aromatic carbocycles. The second-order valence-electron chi connectivity index (χ2n) is 7.91. The highest BCUT2D eigenvalue weighted by atomic mass is 16.2. The summed E-state index contributed by atoms with van der Waals surface area (Å²) in [7, 11) is 0. The Kier molecular flexibility index (Phi) is 4.12. The number of nitrogens with zero attached hydrogens (tertiary/aromatic N) is 1. The van der Waals surface area contributed by atoms with Gasteiger partial charge in [-0.05, 0) is 51.9 Å². The highest BCUT2D eigenvalue weighted by Crippen LogP contribution is 2.40. The van der Waals surface area contributed by atoms with Crippen LogP contribution in [0.2, 0.25) is 0 Å². The lowest BCUT2D eigenvalue weighted by atomic mass is 9.73. The molecule has 0 aromatic heterocycles. The molecule has 2 unspecified atom stereocenters. The van der Waals surface area contributed by atoms with Gasteiger partial charge in [-0.25, -0.2) is 4.99 Å². The lowest BCUT2D eigenvalue weighted by molar-refractivity contribution is -0.125. The Hall–Kier alpha value is -1.06. The van der Waals surface area contributed by atoms with Gasteiger partial charge in [-0.3, -0.25) is 10.1 Å². The number of hydrogen-bond acceptors (Lipinski definition) is 3. The van der Waals surface area contributed by atoms with Crippen molar-refractivity contribution in [1.82, 2.24) is 10.6 Å². The van der Waals surface area contributed by atoms with E-state index in [-0.39, 0.29) is 11.4 Å². The smallest absolute Gasteiger partial charge is 0.254 e. The van der Waals surface area contributed by atoms with Crippen molar-refractivity contribution in [3.63, 3.8) is 0 Å². The maximum absolute atomic E-state index is 12.4. The van der Waals surface area contributed by atoms with Crippen LogP contribution in [-0.4, -0.2) is 22.9 Å². The molecule has 4 nitrogen and oxygen atoms in total. The Morgan fingerprint density at radius 2 is 2.15 bits per heavy atom. The van der Waals surface area contributed by atoms with E-state index in [4.69, 9.17) is 4.99 Å². The van der Waals surface area contributed by atoms with E-state index in [1.165, 1.54) is 12.8 Å². The minimum atomic E-state index is -0.495. The fourth-order valence-electron chi connectivity index (χ4n) is 3.47. The van der Waals surface area contributed by atoms with E-state index in [9.17, 15) is 4.79 Å². The van der Waals surface area contributed by atoms with E-state index in [1.54, 1.807) is 0 Å². The number of carbonyl (C=O) groups is 1. The van der Waals surface area contributed by atoms with E-state index in [2.05, 4.69) is 45.3 Å². The Morgan fingerprint density at radius 3 is 2.75 bits per heavy atom. The molecule has 4 heteroatoms. The molecule has 1 spiro atoms. The van der Waals surface area contributed by atoms with Crippen LogP contribution < -0.4 is 10.6 Å². The van der Waals surface area contributed by atoms with Gasteiger partial charge in [0.2, 0.25) is 0 Å². The molecule has 1 aliphatic heterocycles. The molecule has 0 bridgehead atoms. The topological polar surface area (TPSA) is 53.5 Å². The molecular weight excluding hydrogens is 250 g/mol. The number of aliphatic imine (C=N–C) groups is 1. The van der Waals surface area contributed by atoms with Gasteiger partial charge in [0.25, 0.3) is 5.91 Å². The summed E-state index contributed by atoms with van der Waals surface area (Å²) in [6.45, 7) is 10.7. The lowest BCUT2D eigenvalue weighted by Crippen LogP contribution is -2.48. The maximum Gasteiger partial charge on any atom is 0.254 e. The van der Waals surface area contributed by atoms with Gasteiger partial charge in [-0.15, -0.1) is 0 Å². The summed E-state index contributed by atoms with van der Waals surface area (Å²) in [6, 6.07) is 0. The van der Waals surface area contributed by atoms with Gasteiger partial charge in [-0.2, -0.15) is 0 Å². The van der Waals surface area contributed by atoms with Crippen LogP contribution in [-0.2, 0) is 4.79 Å². The van der Waals surface area contributed by atoms with Crippen molar-refractivity contribution in [3.8, 4) is 0 Å². The fraction of sp³-hybridized carbons (Fsp3) is 0.875. The molecule has 0 saturated heterocycles. The van der Waals surface area contributed by atoms with Crippen molar-refractivity contribution in [2.45, 2.75) is 77.8 Å². The van der Waals surface area contributed by atoms with Crippen molar-refractivity contribution >= 4 is 11.9 Å². The summed E-state index contributed by atoms with van der Waals surface area (Å²) >= 11 is 0. The standard InChI is InChI=1S/C16H29N3O/c1-11(2)9-12-7-6-8-16(10-12)13(20)17-14(19-16)18-15(3,4)5/h11-12H,6-10H2,1-5H3,(H2,17,18,19,20). The first-order valence-electron chi connectivity index (χ1n) is 7.90. The zero-order valence-electron chi connectivity index (χ0n) is 13.5. The average Bonchev–Trinajstić information content (AvgIpc) is 2.51. The Labute approximate surface area is 122 Å². The Balaban J connectivity index is 2.10. The zero-order valence-corrected chi connectivity index (χ0v) is 13.5. The van der Waals surface area contributed by atoms with E-state index in [0.717, 1.165) is 19.3 Å². The number of carbonyl (C=O) groups excluding carboxylic acids is 1. The molecule has 20 heavy (non-hydrogen) atoms. The lowest BCUT2D eigenvalue weighted by Gasteiger charge is -2.34. The van der Waals surface area contributed by atoms with E-state index in [0.29, 0.717) is 17.8 Å². The van der Waals surface area contributed by atoms with Gasteiger partial charge in [0.1, 0.15) is 5.54 Å². The summed E-state index contributed by atoms with van der Waals surface area (Å²) in [5.74, 6) is 2.08. The molecule has 0 aromatic rings. The highest BCUT2D eigenvalue weighted by Gasteiger charge is 2.47. The molecule has 114 valence electrons. The van der Waals surface area contributed by atoms with E-state index >= 15 is 0 Å². The molecule has 1 saturated carbocycles. The third kappa shape index (κ3) is 3.53. The second kappa shape index (κ2) is 5.38. The molecule has 2 N–H and O–H groups in total. The average molecular weight is 279 g/mol. The van der Waals surface area contributed by atoms with Gasteiger partial charge >= 0.3 is 0 Å². The Morgan fingerprint density at radius 1 is 1.45 bits per heavy atom. The predicted octanol–water partition coefficient (Wildman–Crippen LogP) is 2.84. The first-order valence-corrected chi connectivity index (χ1v) is 7.90. The minimum Gasteiger partial charge on any atom is -0.351 e. The number of amides is 1. The third-order valence-corrected chi connectivity index (χ3v) is 4.11. The van der Waals surface area contributed by atoms with E-state index < -0.39 is 5.54 Å². The number of nitrogens with one attached hydrogen (secondary N) is 2. The van der Waals surface area contributed by atoms with Gasteiger partial charge in [0.15, 0.2) is 5.96 Å². The predicted molar refractivity (Wildman–Crippen MR) is 82.6 cm³/mol. The molecule has 2 rings (SSSR count). The molecule has 2 atom stereocenters. The third-order valence-electron chi connectivity index (χ3n) is 4.11. The highest BCUT2D eigenvalue weighted by molar-refractivity contribution is 6.07. The van der Waals surface area contributed by atoms with Crippen LogP contribution in [0.5, 0.6) is 0 Å². The van der Waals surface area contributed by atoms with Crippen LogP contribution >= 0.6 is 0 Å². The first-order chi connectivity index (χ1) is 9.20. The fourth-order valence-corrected chi connectivity index (χ4v) is 3.47. The first kappa shape index (κ1) is 15.3. The number of rotatable bonds is 2. The molecule has 1 fully saturated rings. The minimum absolute atomic E-state index is 0.0797. The van der Waals surface area contributed by atoms with Crippen molar-refractivity contribution in [2.24, 2.45) is 16.8 Å². The van der Waals surface area contributed by atoms with Crippen LogP contribution in [0.15, 0.2) is 4.99 Å². The molecule has 1 amide bonds. The molecular formula is C16H29N3O. The zero-order chi connectivity index (χ0) is 15.0. The van der Waals surface area contributed by atoms with Crippen LogP contribution in [0.25, 0.3) is 0 Å². The van der Waals surface area contributed by atoms with Crippen molar-refractivity contribution in [3.05, 3.63) is 0 Å². The van der Waals surface area contributed by atoms with Crippen molar-refractivity contribution in [1.29, 1.82) is 0 Å². The molecule has 0 radical (unpaired) electrons.